The van der Waals surface area contributed by atoms with Crippen LogP contribution >= 0.6 is 12.2 Å². The van der Waals surface area contributed by atoms with Gasteiger partial charge >= 0.3 is 11.1 Å². The van der Waals surface area contributed by atoms with Crippen molar-refractivity contribution in [3.63, 3.8) is 0 Å². The molecule has 1 rings (SSSR count). The maximum atomic E-state index is 11.0. The number of amides is 1. The number of nitrogens with zero attached hydrogens (tertiary/aromatic N) is 1. The predicted molar refractivity (Wildman–Crippen MR) is 45.7 cm³/mol. The van der Waals surface area contributed by atoms with E-state index in [0.717, 1.165) is 4.57 Å². The summed E-state index contributed by atoms with van der Waals surface area (Å²) in [6.45, 7) is -0.405. The molecule has 0 aliphatic carbocycles. The summed E-state index contributed by atoms with van der Waals surface area (Å²) in [4.78, 5) is 32.3. The molecule has 0 saturated heterocycles. The Balaban J connectivity index is 3.44. The first-order valence-electron chi connectivity index (χ1n) is 3.22. The van der Waals surface area contributed by atoms with Crippen LogP contribution in [-0.2, 0) is 11.3 Å². The predicted octanol–water partition coefficient (Wildman–Crippen LogP) is -1.92. The lowest BCUT2D eigenvalue weighted by molar-refractivity contribution is -0.118. The number of aromatic amines is 2. The first-order chi connectivity index (χ1) is 6.02. The minimum absolute atomic E-state index is 0.0524. The van der Waals surface area contributed by atoms with Crippen molar-refractivity contribution in [1.82, 2.24) is 14.8 Å². The smallest absolute Gasteiger partial charge is 0.328 e. The number of nitrogens with one attached hydrogen (secondary N) is 2. The fourth-order valence-electron chi connectivity index (χ4n) is 0.745. The molecule has 7 nitrogen and oxygen atoms in total. The van der Waals surface area contributed by atoms with Gasteiger partial charge in [0.05, 0.1) is 0 Å². The van der Waals surface area contributed by atoms with Gasteiger partial charge in [0, 0.05) is 0 Å². The Bertz CT molecular complexity index is 495. The number of primary amides is 1. The average molecular weight is 202 g/mol. The molecule has 8 heteroatoms. The number of carbonyl (C=O) groups excluding carboxylic acids is 1. The number of rotatable bonds is 2. The van der Waals surface area contributed by atoms with Gasteiger partial charge in [0.1, 0.15) is 6.54 Å². The molecule has 1 heterocycles. The molecule has 0 atom stereocenters. The molecule has 0 aliphatic rings. The molecule has 70 valence electrons. The zero-order chi connectivity index (χ0) is 10.0. The molecule has 0 saturated carbocycles. The second-order valence-electron chi connectivity index (χ2n) is 2.24. The van der Waals surface area contributed by atoms with E-state index in [1.165, 1.54) is 0 Å². The van der Waals surface area contributed by atoms with Gasteiger partial charge < -0.3 is 5.73 Å². The highest BCUT2D eigenvalue weighted by molar-refractivity contribution is 7.71. The Morgan fingerprint density at radius 1 is 1.46 bits per heavy atom. The van der Waals surface area contributed by atoms with Crippen molar-refractivity contribution in [3.05, 3.63) is 25.5 Å². The third-order valence-electron chi connectivity index (χ3n) is 1.28. The van der Waals surface area contributed by atoms with E-state index in [2.05, 4.69) is 17.3 Å². The zero-order valence-corrected chi connectivity index (χ0v) is 7.18. The molecule has 0 aromatic carbocycles. The monoisotopic (exact) mass is 202 g/mol. The second-order valence-corrected chi connectivity index (χ2v) is 2.63. The summed E-state index contributed by atoms with van der Waals surface area (Å²) >= 11 is 4.65. The molecule has 1 amide bonds. The van der Waals surface area contributed by atoms with Gasteiger partial charge in [-0.1, -0.05) is 0 Å². The van der Waals surface area contributed by atoms with E-state index in [-0.39, 0.29) is 4.77 Å². The van der Waals surface area contributed by atoms with E-state index >= 15 is 0 Å². The molecule has 0 spiro atoms. The van der Waals surface area contributed by atoms with Crippen LogP contribution in [0.3, 0.4) is 0 Å². The van der Waals surface area contributed by atoms with Crippen molar-refractivity contribution < 1.29 is 4.79 Å². The fourth-order valence-corrected chi connectivity index (χ4v) is 0.944. The second kappa shape index (κ2) is 3.35. The maximum Gasteiger partial charge on any atom is 0.328 e. The van der Waals surface area contributed by atoms with Crippen LogP contribution in [0.4, 0.5) is 0 Å². The number of aromatic nitrogens is 3. The molecule has 4 N–H and O–H groups in total. The molecule has 0 unspecified atom stereocenters. The lowest BCUT2D eigenvalue weighted by Crippen LogP contribution is -2.40. The molecule has 1 aromatic rings. The lowest BCUT2D eigenvalue weighted by Gasteiger charge is -1.99. The molecule has 1 aromatic heterocycles. The van der Waals surface area contributed by atoms with E-state index in [1.54, 1.807) is 0 Å². The minimum atomic E-state index is -0.900. The van der Waals surface area contributed by atoms with Gasteiger partial charge in [-0.3, -0.25) is 29.1 Å². The van der Waals surface area contributed by atoms with Crippen LogP contribution in [0.25, 0.3) is 0 Å². The first kappa shape index (κ1) is 9.39. The first-order valence-corrected chi connectivity index (χ1v) is 3.63. The summed E-state index contributed by atoms with van der Waals surface area (Å²) in [6, 6.07) is 0. The van der Waals surface area contributed by atoms with E-state index in [1.807, 2.05) is 5.10 Å². The SMILES string of the molecule is NC(=O)Cn1c(=S)[nH][nH]c(=O)c1=O. The summed E-state index contributed by atoms with van der Waals surface area (Å²) in [5, 5.41) is 4.26. The van der Waals surface area contributed by atoms with Crippen LogP contribution in [0.1, 0.15) is 0 Å². The average Bonchev–Trinajstić information content (AvgIpc) is 2.05. The van der Waals surface area contributed by atoms with Crippen LogP contribution in [0.15, 0.2) is 9.59 Å². The number of carbonyl (C=O) groups is 1. The number of hydrogen-bond acceptors (Lipinski definition) is 4. The molecule has 0 radical (unpaired) electrons. The van der Waals surface area contributed by atoms with E-state index in [4.69, 9.17) is 5.73 Å². The summed E-state index contributed by atoms with van der Waals surface area (Å²) < 4.78 is 0.736. The van der Waals surface area contributed by atoms with Crippen LogP contribution in [-0.4, -0.2) is 20.7 Å². The normalized spacial score (nSPS) is 9.85. The molecule has 0 aliphatic heterocycles. The van der Waals surface area contributed by atoms with Crippen LogP contribution in [0.5, 0.6) is 0 Å². The highest BCUT2D eigenvalue weighted by atomic mass is 32.1. The summed E-state index contributed by atoms with van der Waals surface area (Å²) in [5.41, 5.74) is 3.06. The van der Waals surface area contributed by atoms with Crippen LogP contribution in [0.2, 0.25) is 0 Å². The molecular formula is C5H6N4O3S. The highest BCUT2D eigenvalue weighted by Crippen LogP contribution is 1.77. The number of H-pyrrole nitrogens is 2. The van der Waals surface area contributed by atoms with Crippen molar-refractivity contribution >= 4 is 18.1 Å². The summed E-state index contributed by atoms with van der Waals surface area (Å²) in [5.74, 6) is -0.743. The summed E-state index contributed by atoms with van der Waals surface area (Å²) in [7, 11) is 0. The quantitative estimate of drug-likeness (QED) is 0.383. The lowest BCUT2D eigenvalue weighted by atomic mass is 10.6. The summed E-state index contributed by atoms with van der Waals surface area (Å²) in [6.07, 6.45) is 0. The molecule has 0 bridgehead atoms. The van der Waals surface area contributed by atoms with Gasteiger partial charge in [-0.05, 0) is 12.2 Å². The van der Waals surface area contributed by atoms with Crippen molar-refractivity contribution in [3.8, 4) is 0 Å². The van der Waals surface area contributed by atoms with Crippen molar-refractivity contribution in [2.75, 3.05) is 0 Å². The minimum Gasteiger partial charge on any atom is -0.368 e. The van der Waals surface area contributed by atoms with Crippen LogP contribution < -0.4 is 16.9 Å². The number of nitrogens with two attached hydrogens (primary N) is 1. The zero-order valence-electron chi connectivity index (χ0n) is 6.36. The third kappa shape index (κ3) is 1.90. The van der Waals surface area contributed by atoms with E-state index in [9.17, 15) is 14.4 Å². The molecular weight excluding hydrogens is 196 g/mol. The van der Waals surface area contributed by atoms with Gasteiger partial charge in [-0.2, -0.15) is 0 Å². The Hall–Kier alpha value is -1.70. The van der Waals surface area contributed by atoms with Crippen molar-refractivity contribution in [2.45, 2.75) is 6.54 Å². The highest BCUT2D eigenvalue weighted by Gasteiger charge is 2.04. The topological polar surface area (TPSA) is 114 Å². The van der Waals surface area contributed by atoms with Gasteiger partial charge in [0.15, 0.2) is 4.77 Å². The molecule has 13 heavy (non-hydrogen) atoms. The maximum absolute atomic E-state index is 11.0. The Morgan fingerprint density at radius 3 is 2.62 bits per heavy atom. The van der Waals surface area contributed by atoms with Crippen LogP contribution in [0, 0.1) is 4.77 Å². The van der Waals surface area contributed by atoms with Gasteiger partial charge in [-0.15, -0.1) is 0 Å². The van der Waals surface area contributed by atoms with Gasteiger partial charge in [0.25, 0.3) is 0 Å². The Kier molecular flexibility index (Phi) is 2.42. The third-order valence-corrected chi connectivity index (χ3v) is 1.60. The van der Waals surface area contributed by atoms with Gasteiger partial charge in [0.2, 0.25) is 5.91 Å². The number of hydrogen-bond donors (Lipinski definition) is 3. The standard InChI is InChI=1S/C5H6N4O3S/c6-2(10)1-9-4(12)3(11)7-8-5(9)13/h1H2,(H2,6,10)(H,7,11)(H,8,13). The van der Waals surface area contributed by atoms with E-state index < -0.39 is 23.6 Å². The molecule has 0 fully saturated rings. The Labute approximate surface area is 76.2 Å². The van der Waals surface area contributed by atoms with Crippen molar-refractivity contribution in [1.29, 1.82) is 0 Å². The Morgan fingerprint density at radius 2 is 2.08 bits per heavy atom. The largest absolute Gasteiger partial charge is 0.368 e. The van der Waals surface area contributed by atoms with E-state index in [0.29, 0.717) is 0 Å². The van der Waals surface area contributed by atoms with Crippen molar-refractivity contribution in [2.24, 2.45) is 5.73 Å². The van der Waals surface area contributed by atoms with Gasteiger partial charge in [-0.25, -0.2) is 0 Å². The fraction of sp³-hybridized carbons (Fsp3) is 0.200.